The van der Waals surface area contributed by atoms with Crippen molar-refractivity contribution in [3.05, 3.63) is 34.7 Å². The van der Waals surface area contributed by atoms with Crippen LogP contribution in [0.1, 0.15) is 6.42 Å². The highest BCUT2D eigenvalue weighted by Gasteiger charge is 2.14. The average molecular weight is 201 g/mol. The summed E-state index contributed by atoms with van der Waals surface area (Å²) >= 11 is 7.26. The number of rotatable bonds is 2. The molecule has 0 amide bonds. The molecule has 1 saturated heterocycles. The van der Waals surface area contributed by atoms with E-state index in [1.807, 2.05) is 6.08 Å². The zero-order chi connectivity index (χ0) is 8.97. The van der Waals surface area contributed by atoms with Gasteiger partial charge in [0.15, 0.2) is 0 Å². The molecule has 0 bridgehead atoms. The fourth-order valence-electron chi connectivity index (χ4n) is 0.817. The number of halogens is 1. The molecule has 0 atom stereocenters. The molecule has 1 nitrogen and oxygen atoms in total. The molecule has 0 unspecified atom stereocenters. The van der Waals surface area contributed by atoms with Gasteiger partial charge in [-0.05, 0) is 11.0 Å². The Morgan fingerprint density at radius 1 is 1.67 bits per heavy atom. The minimum Gasteiger partial charge on any atom is -0.298 e. The Kier molecular flexibility index (Phi) is 3.63. The Bertz CT molecular complexity index is 266. The topological polar surface area (TPSA) is 17.1 Å². The second-order valence-electron chi connectivity index (χ2n) is 2.39. The Morgan fingerprint density at radius 3 is 2.92 bits per heavy atom. The predicted molar refractivity (Wildman–Crippen MR) is 54.3 cm³/mol. The molecule has 1 aliphatic rings. The molecule has 12 heavy (non-hydrogen) atoms. The third-order valence-electron chi connectivity index (χ3n) is 1.41. The standard InChI is InChI=1S/C9H9ClOS/c1-2-7(10)3-4-9-5-8(11)6-12-9/h2-4H,1,5-6H2/b7-3+,9-4+. The molecule has 1 rings (SSSR count). The number of thioether (sulfide) groups is 1. The number of allylic oxidation sites excluding steroid dienone is 5. The molecule has 0 aromatic carbocycles. The molecule has 0 spiro atoms. The monoisotopic (exact) mass is 200 g/mol. The van der Waals surface area contributed by atoms with E-state index in [4.69, 9.17) is 11.6 Å². The number of carbonyl (C=O) groups excluding carboxylic acids is 1. The molecule has 1 heterocycles. The molecule has 0 aromatic rings. The van der Waals surface area contributed by atoms with Crippen molar-refractivity contribution in [1.29, 1.82) is 0 Å². The quantitative estimate of drug-likeness (QED) is 0.638. The van der Waals surface area contributed by atoms with Crippen LogP contribution in [0.3, 0.4) is 0 Å². The summed E-state index contributed by atoms with van der Waals surface area (Å²) in [5.74, 6) is 0.889. The summed E-state index contributed by atoms with van der Waals surface area (Å²) in [5.41, 5.74) is 0. The van der Waals surface area contributed by atoms with Gasteiger partial charge in [-0.25, -0.2) is 0 Å². The van der Waals surface area contributed by atoms with Gasteiger partial charge in [0.25, 0.3) is 0 Å². The Labute approximate surface area is 81.2 Å². The summed E-state index contributed by atoms with van der Waals surface area (Å²) in [4.78, 5) is 11.9. The van der Waals surface area contributed by atoms with Crippen LogP contribution in [0.4, 0.5) is 0 Å². The van der Waals surface area contributed by atoms with Gasteiger partial charge in [0, 0.05) is 11.5 Å². The van der Waals surface area contributed by atoms with Gasteiger partial charge in [-0.15, -0.1) is 11.8 Å². The van der Waals surface area contributed by atoms with Gasteiger partial charge in [0.1, 0.15) is 5.78 Å². The first-order valence-corrected chi connectivity index (χ1v) is 4.92. The van der Waals surface area contributed by atoms with Gasteiger partial charge in [0.2, 0.25) is 0 Å². The highest BCUT2D eigenvalue weighted by Crippen LogP contribution is 2.27. The molecule has 0 aromatic heterocycles. The minimum atomic E-state index is 0.286. The van der Waals surface area contributed by atoms with Crippen molar-refractivity contribution in [3.8, 4) is 0 Å². The van der Waals surface area contributed by atoms with Gasteiger partial charge < -0.3 is 0 Å². The predicted octanol–water partition coefficient (Wildman–Crippen LogP) is 2.89. The van der Waals surface area contributed by atoms with E-state index in [0.717, 1.165) is 4.91 Å². The number of carbonyl (C=O) groups is 1. The number of Topliss-reactive ketones (excluding diaryl/α,β-unsaturated/α-hetero) is 1. The fraction of sp³-hybridized carbons (Fsp3) is 0.222. The zero-order valence-electron chi connectivity index (χ0n) is 6.55. The van der Waals surface area contributed by atoms with Gasteiger partial charge in [0.05, 0.1) is 5.75 Å². The highest BCUT2D eigenvalue weighted by atomic mass is 35.5. The first kappa shape index (κ1) is 9.62. The summed E-state index contributed by atoms with van der Waals surface area (Å²) in [6, 6.07) is 0. The van der Waals surface area contributed by atoms with Crippen molar-refractivity contribution in [2.45, 2.75) is 6.42 Å². The molecule has 3 heteroatoms. The lowest BCUT2D eigenvalue weighted by molar-refractivity contribution is -0.115. The number of ketones is 1. The maximum atomic E-state index is 10.8. The van der Waals surface area contributed by atoms with Gasteiger partial charge >= 0.3 is 0 Å². The Morgan fingerprint density at radius 2 is 2.42 bits per heavy atom. The molecule has 0 saturated carbocycles. The smallest absolute Gasteiger partial charge is 0.147 e. The summed E-state index contributed by atoms with van der Waals surface area (Å²) in [6.45, 7) is 3.52. The maximum Gasteiger partial charge on any atom is 0.147 e. The summed E-state index contributed by atoms with van der Waals surface area (Å²) in [7, 11) is 0. The molecular weight excluding hydrogens is 192 g/mol. The van der Waals surface area contributed by atoms with Crippen LogP contribution >= 0.6 is 23.4 Å². The average Bonchev–Trinajstić information content (AvgIpc) is 2.47. The van der Waals surface area contributed by atoms with E-state index < -0.39 is 0 Å². The van der Waals surface area contributed by atoms with Crippen LogP contribution < -0.4 is 0 Å². The van der Waals surface area contributed by atoms with Crippen molar-refractivity contribution in [2.75, 3.05) is 5.75 Å². The van der Waals surface area contributed by atoms with E-state index in [9.17, 15) is 4.79 Å². The SMILES string of the molecule is C=C/C(Cl)=C\C=C1/CC(=O)CS1. The second-order valence-corrected chi connectivity index (χ2v) is 3.93. The Balaban J connectivity index is 2.59. The zero-order valence-corrected chi connectivity index (χ0v) is 8.12. The largest absolute Gasteiger partial charge is 0.298 e. The van der Waals surface area contributed by atoms with E-state index in [2.05, 4.69) is 6.58 Å². The summed E-state index contributed by atoms with van der Waals surface area (Å²) < 4.78 is 0. The lowest BCUT2D eigenvalue weighted by Gasteiger charge is -1.88. The van der Waals surface area contributed by atoms with Crippen molar-refractivity contribution in [1.82, 2.24) is 0 Å². The Hall–Kier alpha value is -0.470. The van der Waals surface area contributed by atoms with Gasteiger partial charge in [-0.3, -0.25) is 4.79 Å². The summed E-state index contributed by atoms with van der Waals surface area (Å²) in [5, 5.41) is 0.599. The van der Waals surface area contributed by atoms with E-state index in [0.29, 0.717) is 17.2 Å². The first-order valence-electron chi connectivity index (χ1n) is 3.55. The highest BCUT2D eigenvalue weighted by molar-refractivity contribution is 8.04. The van der Waals surface area contributed by atoms with E-state index >= 15 is 0 Å². The first-order chi connectivity index (χ1) is 5.72. The number of hydrogen-bond donors (Lipinski definition) is 0. The molecule has 64 valence electrons. The maximum absolute atomic E-state index is 10.8. The van der Waals surface area contributed by atoms with Crippen molar-refractivity contribution < 1.29 is 4.79 Å². The van der Waals surface area contributed by atoms with E-state index in [1.165, 1.54) is 0 Å². The normalized spacial score (nSPS) is 21.9. The fourth-order valence-corrected chi connectivity index (χ4v) is 1.76. The molecule has 0 N–H and O–H groups in total. The van der Waals surface area contributed by atoms with Gasteiger partial charge in [-0.2, -0.15) is 0 Å². The van der Waals surface area contributed by atoms with Crippen LogP contribution in [-0.2, 0) is 4.79 Å². The second kappa shape index (κ2) is 4.53. The third-order valence-corrected chi connectivity index (χ3v) is 2.81. The van der Waals surface area contributed by atoms with Crippen molar-refractivity contribution in [2.24, 2.45) is 0 Å². The van der Waals surface area contributed by atoms with E-state index in [1.54, 1.807) is 23.9 Å². The molecule has 1 aliphatic heterocycles. The van der Waals surface area contributed by atoms with Crippen LogP contribution in [0.5, 0.6) is 0 Å². The third kappa shape index (κ3) is 2.88. The molecule has 0 aliphatic carbocycles. The molecular formula is C9H9ClOS. The lowest BCUT2D eigenvalue weighted by atomic mass is 10.3. The van der Waals surface area contributed by atoms with Crippen LogP contribution in [0.25, 0.3) is 0 Å². The van der Waals surface area contributed by atoms with Crippen molar-refractivity contribution >= 4 is 29.1 Å². The van der Waals surface area contributed by atoms with Crippen LogP contribution in [0.15, 0.2) is 34.7 Å². The molecule has 1 fully saturated rings. The van der Waals surface area contributed by atoms with E-state index in [-0.39, 0.29) is 5.78 Å². The lowest BCUT2D eigenvalue weighted by Crippen LogP contribution is -1.89. The van der Waals surface area contributed by atoms with Crippen LogP contribution in [-0.4, -0.2) is 11.5 Å². The minimum absolute atomic E-state index is 0.286. The van der Waals surface area contributed by atoms with Crippen LogP contribution in [0, 0.1) is 0 Å². The van der Waals surface area contributed by atoms with Crippen molar-refractivity contribution in [3.63, 3.8) is 0 Å². The van der Waals surface area contributed by atoms with Gasteiger partial charge in [-0.1, -0.05) is 30.3 Å². The number of hydrogen-bond acceptors (Lipinski definition) is 2. The van der Waals surface area contributed by atoms with Crippen LogP contribution in [0.2, 0.25) is 0 Å². The molecule has 0 radical (unpaired) electrons. The summed E-state index contributed by atoms with van der Waals surface area (Å²) in [6.07, 6.45) is 5.76.